The molecule has 14 heavy (non-hydrogen) atoms. The quantitative estimate of drug-likeness (QED) is 0.669. The van der Waals surface area contributed by atoms with Crippen LogP contribution in [-0.4, -0.2) is 26.7 Å². The molecule has 0 aromatic carbocycles. The molecule has 0 spiro atoms. The number of aromatic nitrogens is 2. The van der Waals surface area contributed by atoms with Crippen molar-refractivity contribution in [1.29, 1.82) is 0 Å². The van der Waals surface area contributed by atoms with E-state index in [1.54, 1.807) is 30.2 Å². The molecule has 1 N–H and O–H groups in total. The summed E-state index contributed by atoms with van der Waals surface area (Å²) in [4.78, 5) is 14.6. The zero-order valence-corrected chi connectivity index (χ0v) is 7.62. The average Bonchev–Trinajstić information content (AvgIpc) is 2.73. The van der Waals surface area contributed by atoms with Gasteiger partial charge in [-0.15, -0.1) is 0 Å². The third kappa shape index (κ3) is 1.42. The molecule has 2 atom stereocenters. The van der Waals surface area contributed by atoms with Crippen LogP contribution in [0.1, 0.15) is 11.8 Å². The molecule has 0 fully saturated rings. The van der Waals surface area contributed by atoms with Gasteiger partial charge < -0.3 is 14.4 Å². The maximum absolute atomic E-state index is 10.8. The minimum Gasteiger partial charge on any atom is -0.452 e. The lowest BCUT2D eigenvalue weighted by Crippen LogP contribution is -2.20. The number of ether oxygens (including phenoxy) is 1. The van der Waals surface area contributed by atoms with Gasteiger partial charge in [-0.05, 0) is 6.08 Å². The van der Waals surface area contributed by atoms with Crippen LogP contribution in [0, 0.1) is 0 Å². The first-order valence-corrected chi connectivity index (χ1v) is 4.21. The van der Waals surface area contributed by atoms with Gasteiger partial charge in [0, 0.05) is 13.1 Å². The Morgan fingerprint density at radius 1 is 1.71 bits per heavy atom. The van der Waals surface area contributed by atoms with Gasteiger partial charge in [0.15, 0.2) is 6.10 Å². The normalized spacial score (nSPS) is 22.4. The van der Waals surface area contributed by atoms with Crippen LogP contribution in [0.3, 0.4) is 0 Å². The van der Waals surface area contributed by atoms with Crippen molar-refractivity contribution in [3.63, 3.8) is 0 Å². The van der Waals surface area contributed by atoms with Crippen molar-refractivity contribution in [2.75, 3.05) is 0 Å². The molecule has 5 nitrogen and oxygen atoms in total. The van der Waals surface area contributed by atoms with Crippen molar-refractivity contribution in [2.24, 2.45) is 7.05 Å². The molecule has 1 aliphatic heterocycles. The minimum absolute atomic E-state index is 0.420. The molecular formula is C9H10N2O3. The fourth-order valence-electron chi connectivity index (χ4n) is 1.38. The lowest BCUT2D eigenvalue weighted by molar-refractivity contribution is -0.142. The molecule has 5 heteroatoms. The molecular weight excluding hydrogens is 184 g/mol. The molecule has 2 rings (SSSR count). The fraction of sp³-hybridized carbons (Fsp3) is 0.333. The molecule has 0 saturated heterocycles. The number of rotatable bonds is 2. The van der Waals surface area contributed by atoms with Crippen LogP contribution in [0.15, 0.2) is 24.7 Å². The van der Waals surface area contributed by atoms with E-state index in [-0.39, 0.29) is 0 Å². The van der Waals surface area contributed by atoms with E-state index in [2.05, 4.69) is 4.98 Å². The Labute approximate surface area is 80.6 Å². The number of aryl methyl sites for hydroxylation is 1. The van der Waals surface area contributed by atoms with Crippen molar-refractivity contribution in [3.8, 4) is 0 Å². The summed E-state index contributed by atoms with van der Waals surface area (Å²) in [5, 5.41) is 9.82. The Morgan fingerprint density at radius 2 is 2.50 bits per heavy atom. The molecule has 1 aliphatic rings. The first-order valence-electron chi connectivity index (χ1n) is 4.21. The second kappa shape index (κ2) is 3.26. The highest BCUT2D eigenvalue weighted by molar-refractivity contribution is 5.84. The standard InChI is InChI=1S/C9H10N2O3/c1-11-5-10-4-6(11)9(13)7-2-3-8(12)14-7/h2-5,7,9,13H,1H3. The second-order valence-electron chi connectivity index (χ2n) is 3.13. The number of aliphatic hydroxyl groups excluding tert-OH is 1. The lowest BCUT2D eigenvalue weighted by atomic mass is 10.1. The summed E-state index contributed by atoms with van der Waals surface area (Å²) in [6.07, 6.45) is 4.52. The van der Waals surface area contributed by atoms with Crippen LogP contribution in [-0.2, 0) is 16.6 Å². The molecule has 74 valence electrons. The zero-order chi connectivity index (χ0) is 10.1. The van der Waals surface area contributed by atoms with Crippen LogP contribution in [0.5, 0.6) is 0 Å². The molecule has 2 heterocycles. The van der Waals surface area contributed by atoms with Gasteiger partial charge in [0.1, 0.15) is 6.10 Å². The van der Waals surface area contributed by atoms with E-state index in [1.807, 2.05) is 0 Å². The smallest absolute Gasteiger partial charge is 0.331 e. The van der Waals surface area contributed by atoms with E-state index in [0.29, 0.717) is 5.69 Å². The van der Waals surface area contributed by atoms with Crippen LogP contribution in [0.2, 0.25) is 0 Å². The molecule has 2 unspecified atom stereocenters. The van der Waals surface area contributed by atoms with Crippen LogP contribution in [0.4, 0.5) is 0 Å². The number of carbonyl (C=O) groups excluding carboxylic acids is 1. The molecule has 0 bridgehead atoms. The predicted molar refractivity (Wildman–Crippen MR) is 47.2 cm³/mol. The number of aliphatic hydroxyl groups is 1. The summed E-state index contributed by atoms with van der Waals surface area (Å²) in [6, 6.07) is 0. The largest absolute Gasteiger partial charge is 0.452 e. The van der Waals surface area contributed by atoms with Gasteiger partial charge in [-0.25, -0.2) is 9.78 Å². The van der Waals surface area contributed by atoms with Crippen molar-refractivity contribution in [1.82, 2.24) is 9.55 Å². The SMILES string of the molecule is Cn1cncc1C(O)C1C=CC(=O)O1. The van der Waals surface area contributed by atoms with E-state index in [9.17, 15) is 9.90 Å². The minimum atomic E-state index is -0.856. The Morgan fingerprint density at radius 3 is 3.00 bits per heavy atom. The summed E-state index contributed by atoms with van der Waals surface area (Å²) < 4.78 is 6.55. The highest BCUT2D eigenvalue weighted by Crippen LogP contribution is 2.22. The van der Waals surface area contributed by atoms with Crippen molar-refractivity contribution >= 4 is 5.97 Å². The van der Waals surface area contributed by atoms with Crippen molar-refractivity contribution in [2.45, 2.75) is 12.2 Å². The molecule has 0 aliphatic carbocycles. The molecule has 1 aromatic rings. The van der Waals surface area contributed by atoms with E-state index >= 15 is 0 Å². The van der Waals surface area contributed by atoms with Gasteiger partial charge in [0.2, 0.25) is 0 Å². The topological polar surface area (TPSA) is 64.3 Å². The maximum Gasteiger partial charge on any atom is 0.331 e. The molecule has 0 radical (unpaired) electrons. The summed E-state index contributed by atoms with van der Waals surface area (Å²) in [5.74, 6) is -0.420. The van der Waals surface area contributed by atoms with Crippen LogP contribution >= 0.6 is 0 Å². The summed E-state index contributed by atoms with van der Waals surface area (Å²) in [7, 11) is 1.77. The second-order valence-corrected chi connectivity index (χ2v) is 3.13. The highest BCUT2D eigenvalue weighted by Gasteiger charge is 2.27. The summed E-state index contributed by atoms with van der Waals surface area (Å²) in [6.45, 7) is 0. The Balaban J connectivity index is 2.17. The summed E-state index contributed by atoms with van der Waals surface area (Å²) >= 11 is 0. The van der Waals surface area contributed by atoms with Gasteiger partial charge in [-0.1, -0.05) is 0 Å². The monoisotopic (exact) mass is 194 g/mol. The van der Waals surface area contributed by atoms with E-state index in [0.717, 1.165) is 0 Å². The number of hydrogen-bond acceptors (Lipinski definition) is 4. The number of hydrogen-bond donors (Lipinski definition) is 1. The van der Waals surface area contributed by atoms with Crippen LogP contribution in [0.25, 0.3) is 0 Å². The Bertz CT molecular complexity index is 383. The number of nitrogens with zero attached hydrogens (tertiary/aromatic N) is 2. The third-order valence-electron chi connectivity index (χ3n) is 2.14. The molecule has 0 amide bonds. The highest BCUT2D eigenvalue weighted by atomic mass is 16.6. The number of carbonyl (C=O) groups is 1. The zero-order valence-electron chi connectivity index (χ0n) is 7.62. The number of esters is 1. The van der Waals surface area contributed by atoms with Gasteiger partial charge in [0.25, 0.3) is 0 Å². The molecule has 1 aromatic heterocycles. The third-order valence-corrected chi connectivity index (χ3v) is 2.14. The molecule has 0 saturated carbocycles. The fourth-order valence-corrected chi connectivity index (χ4v) is 1.38. The maximum atomic E-state index is 10.8. The van der Waals surface area contributed by atoms with Gasteiger partial charge in [0.05, 0.1) is 18.2 Å². The van der Waals surface area contributed by atoms with E-state index in [4.69, 9.17) is 4.74 Å². The van der Waals surface area contributed by atoms with E-state index in [1.165, 1.54) is 6.08 Å². The van der Waals surface area contributed by atoms with Gasteiger partial charge in [-0.2, -0.15) is 0 Å². The van der Waals surface area contributed by atoms with E-state index < -0.39 is 18.2 Å². The predicted octanol–water partition coefficient (Wildman–Crippen LogP) is -0.0649. The summed E-state index contributed by atoms with van der Waals surface area (Å²) in [5.41, 5.74) is 0.620. The lowest BCUT2D eigenvalue weighted by Gasteiger charge is -2.16. The number of cyclic esters (lactones) is 1. The average molecular weight is 194 g/mol. The van der Waals surface area contributed by atoms with Crippen molar-refractivity contribution in [3.05, 3.63) is 30.4 Å². The van der Waals surface area contributed by atoms with Gasteiger partial charge >= 0.3 is 5.97 Å². The Kier molecular flexibility index (Phi) is 2.09. The number of imidazole rings is 1. The van der Waals surface area contributed by atoms with Gasteiger partial charge in [-0.3, -0.25) is 0 Å². The Hall–Kier alpha value is -1.62. The van der Waals surface area contributed by atoms with Crippen molar-refractivity contribution < 1.29 is 14.6 Å². The first kappa shape index (κ1) is 8.96. The van der Waals surface area contributed by atoms with Crippen LogP contribution < -0.4 is 0 Å². The first-order chi connectivity index (χ1) is 6.68.